The topological polar surface area (TPSA) is 64.1 Å². The molecule has 0 radical (unpaired) electrons. The number of rotatable bonds is 2. The van der Waals surface area contributed by atoms with E-state index in [0.29, 0.717) is 16.7 Å². The van der Waals surface area contributed by atoms with Gasteiger partial charge in [-0.2, -0.15) is 0 Å². The Balaban J connectivity index is 2.42. The minimum absolute atomic E-state index is 0.152. The smallest absolute Gasteiger partial charge is 0.150 e. The van der Waals surface area contributed by atoms with Gasteiger partial charge in [-0.1, -0.05) is 6.07 Å². The number of aliphatic hydroxyl groups excluding tert-OH is 1. The van der Waals surface area contributed by atoms with E-state index in [0.717, 1.165) is 12.1 Å². The first kappa shape index (κ1) is 13.5. The third-order valence-corrected chi connectivity index (χ3v) is 3.24. The van der Waals surface area contributed by atoms with Crippen molar-refractivity contribution < 1.29 is 13.9 Å². The van der Waals surface area contributed by atoms with Gasteiger partial charge in [0.1, 0.15) is 29.3 Å². The first-order valence-corrected chi connectivity index (χ1v) is 6.39. The van der Waals surface area contributed by atoms with Crippen LogP contribution in [0, 0.1) is 11.6 Å². The standard InChI is InChI=1S/C15H13F2N3O/c1-8(21)15-19-12-7-9(18)5-6-13(12)20(15)14-10(16)3-2-4-11(14)17/h2-8,21H,18H2,1H3. The summed E-state index contributed by atoms with van der Waals surface area (Å²) in [7, 11) is 0. The molecule has 0 aliphatic rings. The lowest BCUT2D eigenvalue weighted by Crippen LogP contribution is -2.08. The van der Waals surface area contributed by atoms with E-state index in [2.05, 4.69) is 4.98 Å². The summed E-state index contributed by atoms with van der Waals surface area (Å²) in [5.74, 6) is -1.30. The predicted octanol–water partition coefficient (Wildman–Crippen LogP) is 2.94. The molecule has 0 aliphatic heterocycles. The molecule has 6 heteroatoms. The van der Waals surface area contributed by atoms with Crippen LogP contribution in [0.4, 0.5) is 14.5 Å². The van der Waals surface area contributed by atoms with Crippen LogP contribution in [0.15, 0.2) is 36.4 Å². The number of aromatic nitrogens is 2. The first-order chi connectivity index (χ1) is 9.99. The molecule has 0 saturated heterocycles. The summed E-state index contributed by atoms with van der Waals surface area (Å²) < 4.78 is 29.4. The number of aliphatic hydroxyl groups is 1. The molecule has 108 valence electrons. The van der Waals surface area contributed by atoms with Gasteiger partial charge in [0, 0.05) is 5.69 Å². The van der Waals surface area contributed by atoms with Crippen LogP contribution in [0.1, 0.15) is 18.9 Å². The van der Waals surface area contributed by atoms with Crippen molar-refractivity contribution in [2.24, 2.45) is 0 Å². The lowest BCUT2D eigenvalue weighted by Gasteiger charge is -2.12. The van der Waals surface area contributed by atoms with Crippen LogP contribution in [0.3, 0.4) is 0 Å². The molecule has 0 amide bonds. The second kappa shape index (κ2) is 4.82. The molecule has 2 aromatic carbocycles. The number of anilines is 1. The number of benzene rings is 2. The van der Waals surface area contributed by atoms with Crippen LogP contribution < -0.4 is 5.73 Å². The van der Waals surface area contributed by atoms with Crippen molar-refractivity contribution in [3.8, 4) is 5.69 Å². The zero-order valence-electron chi connectivity index (χ0n) is 11.2. The van der Waals surface area contributed by atoms with Crippen LogP contribution in [-0.4, -0.2) is 14.7 Å². The number of hydrogen-bond donors (Lipinski definition) is 2. The molecule has 0 bridgehead atoms. The second-order valence-corrected chi connectivity index (χ2v) is 4.80. The van der Waals surface area contributed by atoms with Crippen molar-refractivity contribution in [1.29, 1.82) is 0 Å². The zero-order chi connectivity index (χ0) is 15.1. The molecule has 1 aromatic heterocycles. The van der Waals surface area contributed by atoms with Gasteiger partial charge in [0.15, 0.2) is 0 Å². The fourth-order valence-electron chi connectivity index (χ4n) is 2.33. The van der Waals surface area contributed by atoms with Crippen molar-refractivity contribution in [1.82, 2.24) is 9.55 Å². The Morgan fingerprint density at radius 3 is 2.48 bits per heavy atom. The molecule has 3 N–H and O–H groups in total. The van der Waals surface area contributed by atoms with Gasteiger partial charge in [0.2, 0.25) is 0 Å². The second-order valence-electron chi connectivity index (χ2n) is 4.80. The molecule has 0 spiro atoms. The minimum Gasteiger partial charge on any atom is -0.399 e. The van der Waals surface area contributed by atoms with Gasteiger partial charge in [0.05, 0.1) is 11.0 Å². The van der Waals surface area contributed by atoms with E-state index in [-0.39, 0.29) is 11.5 Å². The average Bonchev–Trinajstić information content (AvgIpc) is 2.77. The fraction of sp³-hybridized carbons (Fsp3) is 0.133. The molecule has 1 atom stereocenters. The summed E-state index contributed by atoms with van der Waals surface area (Å²) in [5.41, 5.74) is 6.86. The Labute approximate surface area is 119 Å². The largest absolute Gasteiger partial charge is 0.399 e. The quantitative estimate of drug-likeness (QED) is 0.713. The molecule has 4 nitrogen and oxygen atoms in total. The zero-order valence-corrected chi connectivity index (χ0v) is 11.2. The van der Waals surface area contributed by atoms with E-state index in [4.69, 9.17) is 5.73 Å². The van der Waals surface area contributed by atoms with Crippen molar-refractivity contribution in [2.45, 2.75) is 13.0 Å². The van der Waals surface area contributed by atoms with Crippen LogP contribution in [0.5, 0.6) is 0 Å². The SMILES string of the molecule is CC(O)c1nc2cc(N)ccc2n1-c1c(F)cccc1F. The van der Waals surface area contributed by atoms with Gasteiger partial charge in [-0.25, -0.2) is 13.8 Å². The monoisotopic (exact) mass is 289 g/mol. The Bertz CT molecular complexity index is 807. The number of nitrogens with zero attached hydrogens (tertiary/aromatic N) is 2. The number of imidazole rings is 1. The Morgan fingerprint density at radius 2 is 1.86 bits per heavy atom. The van der Waals surface area contributed by atoms with Gasteiger partial charge in [0.25, 0.3) is 0 Å². The number of fused-ring (bicyclic) bond motifs is 1. The third-order valence-electron chi connectivity index (χ3n) is 3.24. The molecular formula is C15H13F2N3O. The molecule has 1 heterocycles. The molecule has 0 saturated carbocycles. The Hall–Kier alpha value is -2.47. The van der Waals surface area contributed by atoms with Gasteiger partial charge in [-0.15, -0.1) is 0 Å². The Kier molecular flexibility index (Phi) is 3.10. The first-order valence-electron chi connectivity index (χ1n) is 6.39. The van der Waals surface area contributed by atoms with Crippen LogP contribution in [0.25, 0.3) is 16.7 Å². The number of halogens is 2. The minimum atomic E-state index is -0.988. The number of nitrogens with two attached hydrogens (primary N) is 1. The van der Waals surface area contributed by atoms with E-state index in [9.17, 15) is 13.9 Å². The average molecular weight is 289 g/mol. The maximum atomic E-state index is 14.1. The molecule has 3 rings (SSSR count). The van der Waals surface area contributed by atoms with Crippen LogP contribution in [-0.2, 0) is 0 Å². The summed E-state index contributed by atoms with van der Waals surface area (Å²) in [5, 5.41) is 9.86. The molecule has 0 aliphatic carbocycles. The van der Waals surface area contributed by atoms with E-state index in [1.807, 2.05) is 0 Å². The Morgan fingerprint density at radius 1 is 1.19 bits per heavy atom. The highest BCUT2D eigenvalue weighted by molar-refractivity contribution is 5.81. The highest BCUT2D eigenvalue weighted by Crippen LogP contribution is 2.29. The van der Waals surface area contributed by atoms with Crippen LogP contribution in [0.2, 0.25) is 0 Å². The molecular weight excluding hydrogens is 276 g/mol. The van der Waals surface area contributed by atoms with E-state index in [1.165, 1.54) is 17.6 Å². The van der Waals surface area contributed by atoms with E-state index < -0.39 is 17.7 Å². The molecule has 21 heavy (non-hydrogen) atoms. The van der Waals surface area contributed by atoms with Crippen LogP contribution >= 0.6 is 0 Å². The summed E-state index contributed by atoms with van der Waals surface area (Å²) in [6, 6.07) is 8.44. The predicted molar refractivity (Wildman–Crippen MR) is 76.0 cm³/mol. The molecule has 3 aromatic rings. The highest BCUT2D eigenvalue weighted by Gasteiger charge is 2.21. The third kappa shape index (κ3) is 2.13. The molecule has 1 unspecified atom stereocenters. The molecule has 0 fully saturated rings. The van der Waals surface area contributed by atoms with Crippen molar-refractivity contribution >= 4 is 16.7 Å². The maximum absolute atomic E-state index is 14.1. The summed E-state index contributed by atoms with van der Waals surface area (Å²) >= 11 is 0. The summed E-state index contributed by atoms with van der Waals surface area (Å²) in [6.07, 6.45) is -0.988. The van der Waals surface area contributed by atoms with Gasteiger partial charge >= 0.3 is 0 Å². The lowest BCUT2D eigenvalue weighted by molar-refractivity contribution is 0.187. The van der Waals surface area contributed by atoms with Gasteiger partial charge < -0.3 is 10.8 Å². The van der Waals surface area contributed by atoms with Gasteiger partial charge in [-0.05, 0) is 37.3 Å². The lowest BCUT2D eigenvalue weighted by atomic mass is 10.2. The number of nitrogen functional groups attached to an aromatic ring is 1. The highest BCUT2D eigenvalue weighted by atomic mass is 19.1. The fourth-order valence-corrected chi connectivity index (χ4v) is 2.33. The summed E-state index contributed by atoms with van der Waals surface area (Å²) in [4.78, 5) is 4.23. The van der Waals surface area contributed by atoms with Crippen molar-refractivity contribution in [3.05, 3.63) is 53.9 Å². The number of para-hydroxylation sites is 1. The normalized spacial score (nSPS) is 12.8. The van der Waals surface area contributed by atoms with Gasteiger partial charge in [-0.3, -0.25) is 4.57 Å². The maximum Gasteiger partial charge on any atom is 0.150 e. The number of hydrogen-bond acceptors (Lipinski definition) is 3. The summed E-state index contributed by atoms with van der Waals surface area (Å²) in [6.45, 7) is 1.49. The van der Waals surface area contributed by atoms with Crippen molar-refractivity contribution in [3.63, 3.8) is 0 Å². The van der Waals surface area contributed by atoms with E-state index in [1.54, 1.807) is 18.2 Å². The van der Waals surface area contributed by atoms with E-state index >= 15 is 0 Å². The van der Waals surface area contributed by atoms with Crippen molar-refractivity contribution in [2.75, 3.05) is 5.73 Å².